The summed E-state index contributed by atoms with van der Waals surface area (Å²) in [5.74, 6) is 0. The van der Waals surface area contributed by atoms with E-state index < -0.39 is 20.9 Å². The van der Waals surface area contributed by atoms with Crippen molar-refractivity contribution in [1.29, 1.82) is 0 Å². The van der Waals surface area contributed by atoms with Crippen LogP contribution in [0.3, 0.4) is 0 Å². The second-order valence-corrected chi connectivity index (χ2v) is 50.4. The van der Waals surface area contributed by atoms with Gasteiger partial charge in [0, 0.05) is 0 Å². The normalized spacial score (nSPS) is 16.8. The molecule has 0 amide bonds. The van der Waals surface area contributed by atoms with Crippen LogP contribution in [0.2, 0.25) is 30.2 Å². The predicted molar refractivity (Wildman–Crippen MR) is 153 cm³/mol. The molecule has 2 radical (unpaired) electrons. The summed E-state index contributed by atoms with van der Waals surface area (Å²) in [6.07, 6.45) is 0. The second kappa shape index (κ2) is 8.29. The van der Waals surface area contributed by atoms with Gasteiger partial charge in [0.15, 0.2) is 0 Å². The van der Waals surface area contributed by atoms with Gasteiger partial charge in [-0.25, -0.2) is 0 Å². The summed E-state index contributed by atoms with van der Waals surface area (Å²) in [7, 11) is -3.56. The molecule has 0 fully saturated rings. The van der Waals surface area contributed by atoms with Gasteiger partial charge >= 0.3 is 0 Å². The molecule has 0 saturated carbocycles. The van der Waals surface area contributed by atoms with E-state index in [4.69, 9.17) is 22.2 Å². The topological polar surface area (TPSA) is 0 Å². The molecule has 0 aromatic heterocycles. The summed E-state index contributed by atoms with van der Waals surface area (Å²) >= 11 is 16.1. The molecular weight excluding hydrogens is 472 g/mol. The zero-order chi connectivity index (χ0) is 25.2. The number of hydrogen-bond acceptors (Lipinski definition) is 0. The number of halogens is 2. The van der Waals surface area contributed by atoms with Gasteiger partial charge in [0.2, 0.25) is 5.73 Å². The molecule has 0 aliphatic heterocycles. The van der Waals surface area contributed by atoms with Gasteiger partial charge in [0.1, 0.15) is 0 Å². The molecule has 0 unspecified atom stereocenters. The Kier molecular flexibility index (Phi) is 8.69. The Bertz CT molecular complexity index is 526. The lowest BCUT2D eigenvalue weighted by atomic mass is 10.2. The third kappa shape index (κ3) is 4.80. The van der Waals surface area contributed by atoms with E-state index in [2.05, 4.69) is 125 Å². The molecule has 180 valence electrons. The van der Waals surface area contributed by atoms with Crippen LogP contribution in [-0.2, 0) is 0 Å². The molecule has 0 aliphatic carbocycles. The van der Waals surface area contributed by atoms with E-state index in [1.165, 1.54) is 0 Å². The van der Waals surface area contributed by atoms with E-state index in [9.17, 15) is 0 Å². The summed E-state index contributed by atoms with van der Waals surface area (Å²) < 4.78 is 0. The predicted octanol–water partition coefficient (Wildman–Crippen LogP) is 10.4. The summed E-state index contributed by atoms with van der Waals surface area (Å²) in [6.45, 7) is 44.3. The van der Waals surface area contributed by atoms with Crippen molar-refractivity contribution in [3.63, 3.8) is 0 Å². The van der Waals surface area contributed by atoms with E-state index in [0.29, 0.717) is 8.55 Å². The van der Waals surface area contributed by atoms with Crippen molar-refractivity contribution >= 4 is 51.6 Å². The zero-order valence-corrected chi connectivity index (χ0v) is 29.3. The summed E-state index contributed by atoms with van der Waals surface area (Å²) in [5.41, 5.74) is -2.68. The van der Waals surface area contributed by atoms with Gasteiger partial charge in [0.05, 0.1) is 23.7 Å². The molecule has 0 aromatic rings. The van der Waals surface area contributed by atoms with Crippen LogP contribution in [-0.4, -0.2) is 29.5 Å². The van der Waals surface area contributed by atoms with Gasteiger partial charge in [-0.05, 0) is 30.2 Å². The van der Waals surface area contributed by atoms with Crippen molar-refractivity contribution in [2.24, 2.45) is 0 Å². The molecule has 0 bridgehead atoms. The highest BCUT2D eigenvalue weighted by atomic mass is 35.7. The first kappa shape index (κ1) is 31.4. The highest BCUT2D eigenvalue weighted by Gasteiger charge is 2.74. The molecule has 0 aliphatic rings. The fourth-order valence-corrected chi connectivity index (χ4v) is 100. The molecule has 0 N–H and O–H groups in total. The van der Waals surface area contributed by atoms with Crippen LogP contribution in [0.4, 0.5) is 0 Å². The lowest BCUT2D eigenvalue weighted by molar-refractivity contribution is 0.552. The standard InChI is InChI=1S/C24H54Cl2Si4/c1-19(2,3)28(20(4,5)6,21(7,8)9)27-30(25,26)29(22(10,11)12,23(13,14)15)24(16,17)18/h1-18H3. The van der Waals surface area contributed by atoms with Crippen LogP contribution in [0.5, 0.6) is 0 Å². The summed E-state index contributed by atoms with van der Waals surface area (Å²) in [4.78, 5) is 0. The smallest absolute Gasteiger partial charge is 0.154 e. The molecule has 0 spiro atoms. The average Bonchev–Trinajstić information content (AvgIpc) is 2.24. The molecule has 30 heavy (non-hydrogen) atoms. The molecule has 0 atom stereocenters. The Morgan fingerprint density at radius 2 is 0.600 bits per heavy atom. The zero-order valence-electron chi connectivity index (χ0n) is 23.8. The number of hydrogen-bond donors (Lipinski definition) is 0. The van der Waals surface area contributed by atoms with Crippen molar-refractivity contribution in [1.82, 2.24) is 0 Å². The highest BCUT2D eigenvalue weighted by molar-refractivity contribution is 7.97. The van der Waals surface area contributed by atoms with Crippen LogP contribution < -0.4 is 0 Å². The van der Waals surface area contributed by atoms with Gasteiger partial charge in [-0.3, -0.25) is 0 Å². The van der Waals surface area contributed by atoms with Crippen LogP contribution in [0.25, 0.3) is 0 Å². The Labute approximate surface area is 205 Å². The number of rotatable bonds is 3. The lowest BCUT2D eigenvalue weighted by Crippen LogP contribution is -2.80. The van der Waals surface area contributed by atoms with Crippen molar-refractivity contribution < 1.29 is 0 Å². The first-order chi connectivity index (χ1) is 12.5. The van der Waals surface area contributed by atoms with E-state index in [1.54, 1.807) is 0 Å². The molecule has 0 saturated heterocycles. The van der Waals surface area contributed by atoms with E-state index >= 15 is 0 Å². The van der Waals surface area contributed by atoms with Crippen LogP contribution in [0.1, 0.15) is 125 Å². The molecule has 0 nitrogen and oxygen atoms in total. The molecular formula is C24H54Cl2Si4. The minimum Gasteiger partial charge on any atom is -0.154 e. The fourth-order valence-electron chi connectivity index (χ4n) is 9.05. The van der Waals surface area contributed by atoms with Gasteiger partial charge in [0.25, 0.3) is 0 Å². The highest BCUT2D eigenvalue weighted by Crippen LogP contribution is 2.69. The minimum absolute atomic E-state index is 0.125. The van der Waals surface area contributed by atoms with Crippen LogP contribution in [0, 0.1) is 0 Å². The van der Waals surface area contributed by atoms with Crippen molar-refractivity contribution in [3.8, 4) is 0 Å². The van der Waals surface area contributed by atoms with Crippen molar-refractivity contribution in [3.05, 3.63) is 0 Å². The largest absolute Gasteiger partial charge is 0.221 e. The summed E-state index contributed by atoms with van der Waals surface area (Å²) in [5, 5.41) is 1.04. The van der Waals surface area contributed by atoms with E-state index in [1.807, 2.05) is 0 Å². The Morgan fingerprint density at radius 1 is 0.400 bits per heavy atom. The molecule has 0 rings (SSSR count). The fraction of sp³-hybridized carbons (Fsp3) is 1.00. The maximum Gasteiger partial charge on any atom is 0.221 e. The molecule has 0 heterocycles. The van der Waals surface area contributed by atoms with Gasteiger partial charge in [-0.2, -0.15) is 22.2 Å². The van der Waals surface area contributed by atoms with E-state index in [0.717, 1.165) is 0 Å². The van der Waals surface area contributed by atoms with Crippen molar-refractivity contribution in [2.45, 2.75) is 155 Å². The van der Waals surface area contributed by atoms with Gasteiger partial charge in [-0.15, -0.1) is 0 Å². The Balaban J connectivity index is 7.56. The minimum atomic E-state index is -2.68. The van der Waals surface area contributed by atoms with Crippen LogP contribution >= 0.6 is 22.2 Å². The molecule has 0 aromatic carbocycles. The Hall–Kier alpha value is 1.45. The van der Waals surface area contributed by atoms with Crippen molar-refractivity contribution in [2.75, 3.05) is 0 Å². The average molecular weight is 526 g/mol. The second-order valence-electron chi connectivity index (χ2n) is 15.7. The Morgan fingerprint density at radius 3 is 0.733 bits per heavy atom. The quantitative estimate of drug-likeness (QED) is 0.254. The first-order valence-electron chi connectivity index (χ1n) is 11.6. The van der Waals surface area contributed by atoms with Gasteiger partial charge in [-0.1, -0.05) is 125 Å². The SMILES string of the molecule is CC(C)(C)[Si]([Si][Si](Cl)(Cl)[Si](C(C)(C)C)(C(C)(C)C)C(C)(C)C)(C(C)(C)C)C(C)(C)C. The van der Waals surface area contributed by atoms with Gasteiger partial charge < -0.3 is 0 Å². The maximum absolute atomic E-state index is 8.03. The molecule has 6 heteroatoms. The van der Waals surface area contributed by atoms with Crippen LogP contribution in [0.15, 0.2) is 0 Å². The first-order valence-corrected chi connectivity index (χ1v) is 23.7. The maximum atomic E-state index is 8.03. The summed E-state index contributed by atoms with van der Waals surface area (Å²) in [6, 6.07) is 0. The lowest BCUT2D eigenvalue weighted by Gasteiger charge is -2.67. The third-order valence-electron chi connectivity index (χ3n) is 7.57. The van der Waals surface area contributed by atoms with E-state index in [-0.39, 0.29) is 30.2 Å². The monoisotopic (exact) mass is 524 g/mol. The third-order valence-corrected chi connectivity index (χ3v) is 64.2.